The maximum absolute atomic E-state index is 8.93. The molecular formula is C11H12N2O. The van der Waals surface area contributed by atoms with E-state index in [1.807, 2.05) is 37.3 Å². The molecule has 0 saturated heterocycles. The van der Waals surface area contributed by atoms with Gasteiger partial charge >= 0.3 is 0 Å². The molecule has 0 amide bonds. The summed E-state index contributed by atoms with van der Waals surface area (Å²) in [6, 6.07) is 9.93. The second-order valence-electron chi connectivity index (χ2n) is 3.18. The molecule has 0 aliphatic carbocycles. The summed E-state index contributed by atoms with van der Waals surface area (Å²) >= 11 is 0. The summed E-state index contributed by atoms with van der Waals surface area (Å²) < 4.78 is 0. The van der Waals surface area contributed by atoms with Crippen LogP contribution in [0.15, 0.2) is 30.3 Å². The van der Waals surface area contributed by atoms with Crippen molar-refractivity contribution in [1.82, 2.24) is 9.97 Å². The van der Waals surface area contributed by atoms with Crippen LogP contribution in [0.1, 0.15) is 11.5 Å². The fourth-order valence-electron chi connectivity index (χ4n) is 1.47. The van der Waals surface area contributed by atoms with E-state index >= 15 is 0 Å². The summed E-state index contributed by atoms with van der Waals surface area (Å²) in [5.41, 5.74) is 2.97. The minimum absolute atomic E-state index is 0.0479. The van der Waals surface area contributed by atoms with Gasteiger partial charge in [0.15, 0.2) is 0 Å². The molecule has 0 atom stereocenters. The summed E-state index contributed by atoms with van der Waals surface area (Å²) in [6.45, 7) is 1.90. The van der Waals surface area contributed by atoms with Crippen molar-refractivity contribution in [3.05, 3.63) is 41.9 Å². The fourth-order valence-corrected chi connectivity index (χ4v) is 1.47. The Bertz CT molecular complexity index is 420. The van der Waals surface area contributed by atoms with Gasteiger partial charge in [-0.05, 0) is 6.92 Å². The van der Waals surface area contributed by atoms with E-state index in [0.717, 1.165) is 17.0 Å². The number of aromatic nitrogens is 2. The smallest absolute Gasteiger partial charge is 0.132 e. The van der Waals surface area contributed by atoms with Crippen molar-refractivity contribution in [1.29, 1.82) is 0 Å². The van der Waals surface area contributed by atoms with Crippen LogP contribution < -0.4 is 0 Å². The number of aromatic amines is 1. The molecule has 0 unspecified atom stereocenters. The molecule has 0 radical (unpaired) electrons. The first-order chi connectivity index (χ1) is 6.81. The van der Waals surface area contributed by atoms with Crippen molar-refractivity contribution >= 4 is 0 Å². The Morgan fingerprint density at radius 1 is 1.29 bits per heavy atom. The summed E-state index contributed by atoms with van der Waals surface area (Å²) in [6.07, 6.45) is 0. The first-order valence-corrected chi connectivity index (χ1v) is 4.53. The van der Waals surface area contributed by atoms with Crippen LogP contribution in [0.4, 0.5) is 0 Å². The van der Waals surface area contributed by atoms with Crippen LogP contribution in [0, 0.1) is 6.92 Å². The Morgan fingerprint density at radius 2 is 2.00 bits per heavy atom. The number of hydrogen-bond acceptors (Lipinski definition) is 2. The molecule has 1 aromatic carbocycles. The van der Waals surface area contributed by atoms with Gasteiger partial charge in [-0.3, -0.25) is 0 Å². The van der Waals surface area contributed by atoms with E-state index < -0.39 is 0 Å². The predicted octanol–water partition coefficient (Wildman–Crippen LogP) is 1.88. The van der Waals surface area contributed by atoms with Crippen molar-refractivity contribution in [2.45, 2.75) is 13.5 Å². The molecule has 0 bridgehead atoms. The number of hydrogen-bond donors (Lipinski definition) is 2. The minimum Gasteiger partial charge on any atom is -0.388 e. The number of imidazole rings is 1. The number of rotatable bonds is 2. The van der Waals surface area contributed by atoms with Gasteiger partial charge in [0.2, 0.25) is 0 Å². The Hall–Kier alpha value is -1.61. The van der Waals surface area contributed by atoms with E-state index in [1.165, 1.54) is 0 Å². The highest BCUT2D eigenvalue weighted by atomic mass is 16.3. The van der Waals surface area contributed by atoms with E-state index in [0.29, 0.717) is 5.82 Å². The molecule has 3 nitrogen and oxygen atoms in total. The topological polar surface area (TPSA) is 48.9 Å². The molecule has 72 valence electrons. The zero-order valence-corrected chi connectivity index (χ0v) is 7.99. The largest absolute Gasteiger partial charge is 0.388 e. The lowest BCUT2D eigenvalue weighted by atomic mass is 10.1. The van der Waals surface area contributed by atoms with Gasteiger partial charge in [0, 0.05) is 11.3 Å². The second kappa shape index (κ2) is 3.64. The molecule has 0 spiro atoms. The van der Waals surface area contributed by atoms with Gasteiger partial charge in [-0.25, -0.2) is 4.98 Å². The van der Waals surface area contributed by atoms with Crippen LogP contribution in [-0.2, 0) is 6.61 Å². The SMILES string of the molecule is Cc1[nH]c(CO)nc1-c1ccccc1. The van der Waals surface area contributed by atoms with Gasteiger partial charge in [-0.2, -0.15) is 0 Å². The zero-order valence-electron chi connectivity index (χ0n) is 7.99. The number of benzene rings is 1. The maximum atomic E-state index is 8.93. The molecule has 1 aromatic heterocycles. The molecule has 2 rings (SSSR count). The normalized spacial score (nSPS) is 10.4. The fraction of sp³-hybridized carbons (Fsp3) is 0.182. The number of aryl methyl sites for hydroxylation is 1. The van der Waals surface area contributed by atoms with Crippen LogP contribution in [0.5, 0.6) is 0 Å². The van der Waals surface area contributed by atoms with Crippen molar-refractivity contribution in [2.75, 3.05) is 0 Å². The summed E-state index contributed by atoms with van der Waals surface area (Å²) in [5, 5.41) is 8.93. The van der Waals surface area contributed by atoms with E-state index in [-0.39, 0.29) is 6.61 Å². The van der Waals surface area contributed by atoms with Crippen LogP contribution in [-0.4, -0.2) is 15.1 Å². The molecule has 0 saturated carbocycles. The number of nitrogens with one attached hydrogen (secondary N) is 1. The van der Waals surface area contributed by atoms with E-state index in [4.69, 9.17) is 5.11 Å². The third-order valence-corrected chi connectivity index (χ3v) is 2.13. The van der Waals surface area contributed by atoms with E-state index in [1.54, 1.807) is 0 Å². The van der Waals surface area contributed by atoms with Crippen molar-refractivity contribution < 1.29 is 5.11 Å². The monoisotopic (exact) mass is 188 g/mol. The van der Waals surface area contributed by atoms with Crippen molar-refractivity contribution in [2.24, 2.45) is 0 Å². The minimum atomic E-state index is -0.0479. The van der Waals surface area contributed by atoms with Gasteiger partial charge in [-0.1, -0.05) is 30.3 Å². The van der Waals surface area contributed by atoms with Crippen LogP contribution in [0.2, 0.25) is 0 Å². The molecule has 1 heterocycles. The van der Waals surface area contributed by atoms with Gasteiger partial charge in [0.1, 0.15) is 12.4 Å². The molecule has 2 N–H and O–H groups in total. The van der Waals surface area contributed by atoms with Crippen LogP contribution >= 0.6 is 0 Å². The number of nitrogens with zero attached hydrogens (tertiary/aromatic N) is 1. The van der Waals surface area contributed by atoms with Gasteiger partial charge < -0.3 is 10.1 Å². The predicted molar refractivity (Wildman–Crippen MR) is 54.7 cm³/mol. The lowest BCUT2D eigenvalue weighted by molar-refractivity contribution is 0.272. The summed E-state index contributed by atoms with van der Waals surface area (Å²) in [7, 11) is 0. The molecule has 3 heteroatoms. The first kappa shape index (κ1) is 8.97. The molecule has 2 aromatic rings. The average Bonchev–Trinajstić information content (AvgIpc) is 2.61. The molecular weight excluding hydrogens is 176 g/mol. The Labute approximate surface area is 82.4 Å². The lowest BCUT2D eigenvalue weighted by Gasteiger charge is -1.96. The highest BCUT2D eigenvalue weighted by Gasteiger charge is 2.06. The van der Waals surface area contributed by atoms with Crippen molar-refractivity contribution in [3.63, 3.8) is 0 Å². The highest BCUT2D eigenvalue weighted by Crippen LogP contribution is 2.20. The van der Waals surface area contributed by atoms with Gasteiger partial charge in [0.25, 0.3) is 0 Å². The Balaban J connectivity index is 2.46. The Morgan fingerprint density at radius 3 is 2.57 bits per heavy atom. The van der Waals surface area contributed by atoms with Crippen molar-refractivity contribution in [3.8, 4) is 11.3 Å². The van der Waals surface area contributed by atoms with Crippen LogP contribution in [0.3, 0.4) is 0 Å². The first-order valence-electron chi connectivity index (χ1n) is 4.53. The third kappa shape index (κ3) is 1.54. The number of H-pyrrole nitrogens is 1. The lowest BCUT2D eigenvalue weighted by Crippen LogP contribution is -1.84. The standard InChI is InChI=1S/C11H12N2O/c1-8-11(13-10(7-14)12-8)9-5-3-2-4-6-9/h2-6,14H,7H2,1H3,(H,12,13). The van der Waals surface area contributed by atoms with E-state index in [9.17, 15) is 0 Å². The molecule has 14 heavy (non-hydrogen) atoms. The van der Waals surface area contributed by atoms with Gasteiger partial charge in [0.05, 0.1) is 5.69 Å². The number of aliphatic hydroxyl groups is 1. The molecule has 0 aliphatic rings. The third-order valence-electron chi connectivity index (χ3n) is 2.13. The summed E-state index contributed by atoms with van der Waals surface area (Å²) in [5.74, 6) is 0.612. The van der Waals surface area contributed by atoms with E-state index in [2.05, 4.69) is 9.97 Å². The zero-order chi connectivity index (χ0) is 9.97. The second-order valence-corrected chi connectivity index (χ2v) is 3.18. The summed E-state index contributed by atoms with van der Waals surface area (Å²) in [4.78, 5) is 7.32. The molecule has 0 fully saturated rings. The average molecular weight is 188 g/mol. The van der Waals surface area contributed by atoms with Crippen LogP contribution in [0.25, 0.3) is 11.3 Å². The molecule has 0 aliphatic heterocycles. The Kier molecular flexibility index (Phi) is 2.33. The number of aliphatic hydroxyl groups excluding tert-OH is 1. The maximum Gasteiger partial charge on any atom is 0.132 e. The quantitative estimate of drug-likeness (QED) is 0.756. The highest BCUT2D eigenvalue weighted by molar-refractivity contribution is 5.61. The van der Waals surface area contributed by atoms with Gasteiger partial charge in [-0.15, -0.1) is 0 Å².